The molecule has 0 fully saturated rings. The quantitative estimate of drug-likeness (QED) is 0.733. The van der Waals surface area contributed by atoms with Crippen LogP contribution in [0.15, 0.2) is 41.5 Å². The summed E-state index contributed by atoms with van der Waals surface area (Å²) in [7, 11) is 0. The predicted molar refractivity (Wildman–Crippen MR) is 94.8 cm³/mol. The average Bonchev–Trinajstić information content (AvgIpc) is 2.65. The van der Waals surface area contributed by atoms with Gasteiger partial charge in [-0.2, -0.15) is 4.39 Å². The van der Waals surface area contributed by atoms with Gasteiger partial charge in [0, 0.05) is 49.7 Å². The summed E-state index contributed by atoms with van der Waals surface area (Å²) in [5.41, 5.74) is 3.91. The van der Waals surface area contributed by atoms with Crippen molar-refractivity contribution in [2.75, 3.05) is 6.54 Å². The number of hydrogen-bond acceptors (Lipinski definition) is 5. The molecule has 1 aliphatic rings. The summed E-state index contributed by atoms with van der Waals surface area (Å²) < 4.78 is 13.2. The van der Waals surface area contributed by atoms with Crippen molar-refractivity contribution in [2.24, 2.45) is 0 Å². The maximum Gasteiger partial charge on any atom is 0.255 e. The van der Waals surface area contributed by atoms with Gasteiger partial charge in [-0.25, -0.2) is 9.97 Å². The highest BCUT2D eigenvalue weighted by Crippen LogP contribution is 2.20. The lowest BCUT2D eigenvalue weighted by atomic mass is 10.1. The molecule has 0 saturated heterocycles. The van der Waals surface area contributed by atoms with Crippen LogP contribution in [0.25, 0.3) is 11.4 Å². The molecule has 0 aromatic carbocycles. The van der Waals surface area contributed by atoms with Gasteiger partial charge in [0.1, 0.15) is 5.82 Å². The number of aryl methyl sites for hydroxylation is 1. The summed E-state index contributed by atoms with van der Waals surface area (Å²) in [4.78, 5) is 30.1. The molecule has 3 aromatic heterocycles. The van der Waals surface area contributed by atoms with Crippen LogP contribution in [0, 0.1) is 12.9 Å². The van der Waals surface area contributed by atoms with Crippen molar-refractivity contribution in [2.45, 2.75) is 26.4 Å². The van der Waals surface area contributed by atoms with E-state index in [1.165, 1.54) is 6.07 Å². The van der Waals surface area contributed by atoms with Crippen LogP contribution in [0.1, 0.15) is 22.5 Å². The third-order valence-electron chi connectivity index (χ3n) is 4.66. The molecule has 4 rings (SSSR count). The molecule has 0 unspecified atom stereocenters. The van der Waals surface area contributed by atoms with E-state index >= 15 is 0 Å². The van der Waals surface area contributed by atoms with E-state index in [0.717, 1.165) is 23.4 Å². The summed E-state index contributed by atoms with van der Waals surface area (Å²) in [5, 5.41) is 0. The zero-order chi connectivity index (χ0) is 18.1. The number of hydrogen-bond donors (Lipinski definition) is 1. The molecule has 1 N–H and O–H groups in total. The molecule has 6 nitrogen and oxygen atoms in total. The summed E-state index contributed by atoms with van der Waals surface area (Å²) in [6.07, 6.45) is 4.05. The largest absolute Gasteiger partial charge is 0.306 e. The Morgan fingerprint density at radius 1 is 1.19 bits per heavy atom. The number of H-pyrrole nitrogens is 1. The molecule has 0 spiro atoms. The van der Waals surface area contributed by atoms with Gasteiger partial charge in [-0.05, 0) is 30.7 Å². The maximum atomic E-state index is 13.2. The minimum atomic E-state index is -0.473. The van der Waals surface area contributed by atoms with Gasteiger partial charge in [-0.15, -0.1) is 0 Å². The third kappa shape index (κ3) is 3.25. The second-order valence-electron chi connectivity index (χ2n) is 6.41. The van der Waals surface area contributed by atoms with Crippen molar-refractivity contribution in [3.8, 4) is 11.4 Å². The lowest BCUT2D eigenvalue weighted by molar-refractivity contribution is 0.241. The first-order valence-electron chi connectivity index (χ1n) is 8.47. The normalized spacial score (nSPS) is 14.2. The molecule has 0 saturated carbocycles. The second kappa shape index (κ2) is 6.76. The Hall–Kier alpha value is -2.93. The van der Waals surface area contributed by atoms with Gasteiger partial charge < -0.3 is 4.98 Å². The number of nitrogens with one attached hydrogen (secondary N) is 1. The molecular weight excluding hydrogens is 333 g/mol. The molecule has 7 heteroatoms. The van der Waals surface area contributed by atoms with Crippen LogP contribution < -0.4 is 5.56 Å². The molecule has 1 aliphatic heterocycles. The number of aromatic amines is 1. The van der Waals surface area contributed by atoms with Gasteiger partial charge >= 0.3 is 0 Å². The van der Waals surface area contributed by atoms with E-state index in [0.29, 0.717) is 36.6 Å². The van der Waals surface area contributed by atoms with E-state index in [1.54, 1.807) is 25.4 Å². The minimum absolute atomic E-state index is 0.111. The molecular formula is C19H18FN5O. The van der Waals surface area contributed by atoms with Crippen LogP contribution >= 0.6 is 0 Å². The van der Waals surface area contributed by atoms with Crippen molar-refractivity contribution < 1.29 is 4.39 Å². The summed E-state index contributed by atoms with van der Waals surface area (Å²) in [6, 6.07) is 6.77. The standard InChI is InChI=1S/C19H18FN5O/c1-12-14(2-3-17(20)22-12)10-25-9-6-16-15(11-25)19(26)24-18(23-16)13-4-7-21-8-5-13/h2-5,7-8H,6,9-11H2,1H3,(H,23,24,26). The van der Waals surface area contributed by atoms with Gasteiger partial charge in [0.2, 0.25) is 5.95 Å². The van der Waals surface area contributed by atoms with Crippen LogP contribution in [0.2, 0.25) is 0 Å². The third-order valence-corrected chi connectivity index (χ3v) is 4.66. The van der Waals surface area contributed by atoms with Gasteiger partial charge in [0.15, 0.2) is 0 Å². The number of halogens is 1. The van der Waals surface area contributed by atoms with Crippen molar-refractivity contribution in [3.05, 3.63) is 75.5 Å². The van der Waals surface area contributed by atoms with Crippen molar-refractivity contribution in [1.29, 1.82) is 0 Å². The van der Waals surface area contributed by atoms with Crippen LogP contribution in [0.3, 0.4) is 0 Å². The molecule has 0 radical (unpaired) electrons. The molecule has 0 atom stereocenters. The predicted octanol–water partition coefficient (Wildman–Crippen LogP) is 2.23. The van der Waals surface area contributed by atoms with E-state index in [-0.39, 0.29) is 5.56 Å². The molecule has 132 valence electrons. The first-order valence-corrected chi connectivity index (χ1v) is 8.47. The minimum Gasteiger partial charge on any atom is -0.306 e. The topological polar surface area (TPSA) is 74.8 Å². The van der Waals surface area contributed by atoms with Crippen LogP contribution in [-0.2, 0) is 19.5 Å². The molecule has 0 amide bonds. The zero-order valence-corrected chi connectivity index (χ0v) is 14.4. The number of pyridine rings is 2. The first-order chi connectivity index (χ1) is 12.6. The molecule has 3 aromatic rings. The first kappa shape index (κ1) is 16.5. The number of fused-ring (bicyclic) bond motifs is 1. The van der Waals surface area contributed by atoms with E-state index < -0.39 is 5.95 Å². The van der Waals surface area contributed by atoms with Gasteiger partial charge in [0.05, 0.1) is 11.3 Å². The highest BCUT2D eigenvalue weighted by atomic mass is 19.1. The molecule has 0 bridgehead atoms. The van der Waals surface area contributed by atoms with Gasteiger partial charge in [-0.3, -0.25) is 14.7 Å². The van der Waals surface area contributed by atoms with E-state index in [2.05, 4.69) is 24.8 Å². The van der Waals surface area contributed by atoms with E-state index in [9.17, 15) is 9.18 Å². The molecule has 0 aliphatic carbocycles. The average molecular weight is 351 g/mol. The highest BCUT2D eigenvalue weighted by Gasteiger charge is 2.22. The van der Waals surface area contributed by atoms with Gasteiger partial charge in [0.25, 0.3) is 5.56 Å². The summed E-state index contributed by atoms with van der Waals surface area (Å²) in [5.74, 6) is 0.0997. The van der Waals surface area contributed by atoms with Crippen LogP contribution in [0.5, 0.6) is 0 Å². The molecule has 4 heterocycles. The van der Waals surface area contributed by atoms with Crippen LogP contribution in [-0.4, -0.2) is 31.4 Å². The summed E-state index contributed by atoms with van der Waals surface area (Å²) in [6.45, 7) is 3.73. The smallest absolute Gasteiger partial charge is 0.255 e. The lowest BCUT2D eigenvalue weighted by Crippen LogP contribution is -2.35. The lowest BCUT2D eigenvalue weighted by Gasteiger charge is -2.28. The van der Waals surface area contributed by atoms with E-state index in [1.807, 2.05) is 12.1 Å². The van der Waals surface area contributed by atoms with Crippen molar-refractivity contribution >= 4 is 0 Å². The number of rotatable bonds is 3. The number of nitrogens with zero attached hydrogens (tertiary/aromatic N) is 4. The van der Waals surface area contributed by atoms with E-state index in [4.69, 9.17) is 0 Å². The SMILES string of the molecule is Cc1nc(F)ccc1CN1CCc2nc(-c3ccncc3)[nH]c(=O)c2C1. The molecule has 26 heavy (non-hydrogen) atoms. The second-order valence-corrected chi connectivity index (χ2v) is 6.41. The highest BCUT2D eigenvalue weighted by molar-refractivity contribution is 5.54. The van der Waals surface area contributed by atoms with Crippen molar-refractivity contribution in [3.63, 3.8) is 0 Å². The monoisotopic (exact) mass is 351 g/mol. The Kier molecular flexibility index (Phi) is 4.30. The fourth-order valence-electron chi connectivity index (χ4n) is 3.23. The Morgan fingerprint density at radius 2 is 2.00 bits per heavy atom. The fourth-order valence-corrected chi connectivity index (χ4v) is 3.23. The zero-order valence-electron chi connectivity index (χ0n) is 14.4. The Bertz CT molecular complexity index is 1000. The summed E-state index contributed by atoms with van der Waals surface area (Å²) >= 11 is 0. The Labute approximate surface area is 149 Å². The van der Waals surface area contributed by atoms with Gasteiger partial charge in [-0.1, -0.05) is 6.07 Å². The van der Waals surface area contributed by atoms with Crippen molar-refractivity contribution in [1.82, 2.24) is 24.8 Å². The van der Waals surface area contributed by atoms with Crippen LogP contribution in [0.4, 0.5) is 4.39 Å². The maximum absolute atomic E-state index is 13.2. The fraction of sp³-hybridized carbons (Fsp3) is 0.263. The number of aromatic nitrogens is 4. The Morgan fingerprint density at radius 3 is 2.77 bits per heavy atom. The Balaban J connectivity index is 1.58.